The molecule has 4 rings (SSSR count). The van der Waals surface area contributed by atoms with Crippen molar-refractivity contribution in [3.63, 3.8) is 0 Å². The predicted octanol–water partition coefficient (Wildman–Crippen LogP) is 2.82. The van der Waals surface area contributed by atoms with Crippen molar-refractivity contribution in [1.82, 2.24) is 14.7 Å². The van der Waals surface area contributed by atoms with Crippen LogP contribution in [0.2, 0.25) is 0 Å². The minimum atomic E-state index is -0.0888. The summed E-state index contributed by atoms with van der Waals surface area (Å²) in [6, 6.07) is 9.99. The highest BCUT2D eigenvalue weighted by atomic mass is 16.5. The average Bonchev–Trinajstić information content (AvgIpc) is 3.08. The monoisotopic (exact) mass is 322 g/mol. The van der Waals surface area contributed by atoms with Gasteiger partial charge in [0.2, 0.25) is 0 Å². The summed E-state index contributed by atoms with van der Waals surface area (Å²) < 4.78 is 7.06. The maximum Gasteiger partial charge on any atom is 0.326 e. The van der Waals surface area contributed by atoms with Gasteiger partial charge in [-0.25, -0.2) is 4.79 Å². The van der Waals surface area contributed by atoms with Crippen molar-refractivity contribution in [2.24, 2.45) is 0 Å². The van der Waals surface area contributed by atoms with Crippen molar-refractivity contribution in [2.45, 2.75) is 26.9 Å². The van der Waals surface area contributed by atoms with Gasteiger partial charge in [-0.1, -0.05) is 35.5 Å². The van der Waals surface area contributed by atoms with Gasteiger partial charge in [0.1, 0.15) is 11.4 Å². The molecule has 1 N–H and O–H groups in total. The van der Waals surface area contributed by atoms with E-state index in [4.69, 9.17) is 4.52 Å². The minimum Gasteiger partial charge on any atom is -0.359 e. The molecule has 0 saturated carbocycles. The van der Waals surface area contributed by atoms with Crippen LogP contribution in [0.3, 0.4) is 0 Å². The van der Waals surface area contributed by atoms with Crippen LogP contribution >= 0.6 is 0 Å². The lowest BCUT2D eigenvalue weighted by molar-refractivity contribution is 0.393. The van der Waals surface area contributed by atoms with Crippen molar-refractivity contribution < 1.29 is 4.52 Å². The van der Waals surface area contributed by atoms with Gasteiger partial charge >= 0.3 is 5.69 Å². The Morgan fingerprint density at radius 2 is 2.04 bits per heavy atom. The third-order valence-electron chi connectivity index (χ3n) is 4.33. The van der Waals surface area contributed by atoms with E-state index in [1.807, 2.05) is 56.5 Å². The molecule has 0 atom stereocenters. The summed E-state index contributed by atoms with van der Waals surface area (Å²) in [5, 5.41) is 4.02. The van der Waals surface area contributed by atoms with Crippen LogP contribution in [-0.4, -0.2) is 14.7 Å². The van der Waals surface area contributed by atoms with Crippen LogP contribution in [0.15, 0.2) is 45.8 Å². The van der Waals surface area contributed by atoms with E-state index in [2.05, 4.69) is 15.0 Å². The van der Waals surface area contributed by atoms with Gasteiger partial charge in [0.05, 0.1) is 24.5 Å². The van der Waals surface area contributed by atoms with Crippen LogP contribution in [0.4, 0.5) is 5.69 Å². The van der Waals surface area contributed by atoms with Gasteiger partial charge < -0.3 is 14.4 Å². The molecule has 0 radical (unpaired) electrons. The summed E-state index contributed by atoms with van der Waals surface area (Å²) in [5.41, 5.74) is 4.63. The molecule has 6 nitrogen and oxygen atoms in total. The highest BCUT2D eigenvalue weighted by Gasteiger charge is 2.23. The van der Waals surface area contributed by atoms with Crippen molar-refractivity contribution >= 4 is 11.8 Å². The summed E-state index contributed by atoms with van der Waals surface area (Å²) >= 11 is 0. The SMILES string of the molecule is Cc1noc(C)c1N1C=Cc2[nH]c(=O)n(Cc3ccccc3)c2C1. The molecule has 1 aromatic carbocycles. The molecule has 0 unspecified atom stereocenters. The van der Waals surface area contributed by atoms with Crippen molar-refractivity contribution in [1.29, 1.82) is 0 Å². The molecule has 6 heteroatoms. The summed E-state index contributed by atoms with van der Waals surface area (Å²) in [7, 11) is 0. The fourth-order valence-corrected chi connectivity index (χ4v) is 3.18. The number of anilines is 1. The van der Waals surface area contributed by atoms with E-state index in [9.17, 15) is 4.79 Å². The molecule has 0 spiro atoms. The highest BCUT2D eigenvalue weighted by molar-refractivity contribution is 5.63. The zero-order valence-electron chi connectivity index (χ0n) is 13.6. The molecule has 122 valence electrons. The maximum absolute atomic E-state index is 12.4. The van der Waals surface area contributed by atoms with Crippen LogP contribution < -0.4 is 10.6 Å². The second-order valence-corrected chi connectivity index (χ2v) is 5.98. The number of hydrogen-bond acceptors (Lipinski definition) is 4. The van der Waals surface area contributed by atoms with Gasteiger partial charge in [-0.15, -0.1) is 0 Å². The van der Waals surface area contributed by atoms with Gasteiger partial charge in [-0.05, 0) is 25.5 Å². The standard InChI is InChI=1S/C18H18N4O2/c1-12-17(13(2)24-20-12)21-9-8-15-16(11-21)22(18(23)19-15)10-14-6-4-3-5-7-14/h3-9H,10-11H2,1-2H3,(H,19,23). The van der Waals surface area contributed by atoms with E-state index >= 15 is 0 Å². The van der Waals surface area contributed by atoms with Gasteiger partial charge in [0.25, 0.3) is 0 Å². The van der Waals surface area contributed by atoms with E-state index in [0.29, 0.717) is 13.1 Å². The molecule has 1 aliphatic heterocycles. The number of aromatic amines is 1. The van der Waals surface area contributed by atoms with Crippen LogP contribution in [0.1, 0.15) is 28.4 Å². The van der Waals surface area contributed by atoms with Crippen molar-refractivity contribution in [2.75, 3.05) is 4.90 Å². The van der Waals surface area contributed by atoms with Gasteiger partial charge in [-0.3, -0.25) is 4.57 Å². The van der Waals surface area contributed by atoms with Gasteiger partial charge in [0.15, 0.2) is 5.76 Å². The average molecular weight is 322 g/mol. The third kappa shape index (κ3) is 2.36. The first kappa shape index (κ1) is 14.6. The number of fused-ring (bicyclic) bond motifs is 1. The first-order valence-electron chi connectivity index (χ1n) is 7.87. The van der Waals surface area contributed by atoms with E-state index < -0.39 is 0 Å². The zero-order valence-corrected chi connectivity index (χ0v) is 13.6. The lowest BCUT2D eigenvalue weighted by atomic mass is 10.1. The normalized spacial score (nSPS) is 13.3. The Morgan fingerprint density at radius 3 is 2.75 bits per heavy atom. The highest BCUT2D eigenvalue weighted by Crippen LogP contribution is 2.29. The third-order valence-corrected chi connectivity index (χ3v) is 4.33. The Labute approximate surface area is 139 Å². The summed E-state index contributed by atoms with van der Waals surface area (Å²) in [4.78, 5) is 17.4. The molecule has 24 heavy (non-hydrogen) atoms. The number of rotatable bonds is 3. The number of aromatic nitrogens is 3. The first-order valence-corrected chi connectivity index (χ1v) is 7.87. The fourth-order valence-electron chi connectivity index (χ4n) is 3.18. The molecule has 0 fully saturated rings. The smallest absolute Gasteiger partial charge is 0.326 e. The lowest BCUT2D eigenvalue weighted by Gasteiger charge is -2.24. The van der Waals surface area contributed by atoms with E-state index in [-0.39, 0.29) is 5.69 Å². The molecule has 3 aromatic rings. The number of nitrogens with one attached hydrogen (secondary N) is 1. The van der Waals surface area contributed by atoms with Gasteiger partial charge in [-0.2, -0.15) is 0 Å². The van der Waals surface area contributed by atoms with Crippen LogP contribution in [-0.2, 0) is 13.1 Å². The Bertz CT molecular complexity index is 943. The molecule has 0 aliphatic carbocycles. The number of aryl methyl sites for hydroxylation is 2. The number of nitrogens with zero attached hydrogens (tertiary/aromatic N) is 3. The molecule has 3 heterocycles. The molecular formula is C18H18N4O2. The van der Waals surface area contributed by atoms with Crippen molar-refractivity contribution in [3.8, 4) is 0 Å². The first-order chi connectivity index (χ1) is 11.6. The Balaban J connectivity index is 1.71. The molecule has 0 amide bonds. The second-order valence-electron chi connectivity index (χ2n) is 5.98. The number of benzene rings is 1. The molecule has 1 aliphatic rings. The maximum atomic E-state index is 12.4. The van der Waals surface area contributed by atoms with Crippen LogP contribution in [0.5, 0.6) is 0 Å². The zero-order chi connectivity index (χ0) is 16.7. The largest absolute Gasteiger partial charge is 0.359 e. The van der Waals surface area contributed by atoms with E-state index in [0.717, 1.165) is 34.1 Å². The lowest BCUT2D eigenvalue weighted by Crippen LogP contribution is -2.25. The molecule has 0 saturated heterocycles. The Hall–Kier alpha value is -3.02. The number of hydrogen-bond donors (Lipinski definition) is 1. The molecular weight excluding hydrogens is 304 g/mol. The molecule has 2 aromatic heterocycles. The van der Waals surface area contributed by atoms with Crippen molar-refractivity contribution in [3.05, 3.63) is 75.4 Å². The fraction of sp³-hybridized carbons (Fsp3) is 0.222. The van der Waals surface area contributed by atoms with Gasteiger partial charge in [0, 0.05) is 6.20 Å². The summed E-state index contributed by atoms with van der Waals surface area (Å²) in [5.74, 6) is 0.771. The minimum absolute atomic E-state index is 0.0888. The number of H-pyrrole nitrogens is 1. The topological polar surface area (TPSA) is 67.1 Å². The van der Waals surface area contributed by atoms with Crippen LogP contribution in [0, 0.1) is 13.8 Å². The Kier molecular flexibility index (Phi) is 3.37. The van der Waals surface area contributed by atoms with E-state index in [1.165, 1.54) is 0 Å². The Morgan fingerprint density at radius 1 is 1.25 bits per heavy atom. The molecule has 0 bridgehead atoms. The summed E-state index contributed by atoms with van der Waals surface area (Å²) in [6.07, 6.45) is 3.88. The summed E-state index contributed by atoms with van der Waals surface area (Å²) in [6.45, 7) is 4.96. The quantitative estimate of drug-likeness (QED) is 0.805. The number of imidazole rings is 1. The van der Waals surface area contributed by atoms with E-state index in [1.54, 1.807) is 4.57 Å². The second kappa shape index (κ2) is 5.56. The van der Waals surface area contributed by atoms with Crippen LogP contribution in [0.25, 0.3) is 6.08 Å². The predicted molar refractivity (Wildman–Crippen MR) is 91.8 cm³/mol.